The highest BCUT2D eigenvalue weighted by atomic mass is 32.2. The summed E-state index contributed by atoms with van der Waals surface area (Å²) in [5.74, 6) is 0.323. The summed E-state index contributed by atoms with van der Waals surface area (Å²) in [6, 6.07) is 12.5. The molecule has 1 N–H and O–H groups in total. The minimum Gasteiger partial charge on any atom is -0.495 e. The van der Waals surface area contributed by atoms with Crippen LogP contribution < -0.4 is 14.4 Å². The maximum Gasteiger partial charge on any atom is 0.265 e. The lowest BCUT2D eigenvalue weighted by atomic mass is 10.1. The fourth-order valence-electron chi connectivity index (χ4n) is 3.31. The maximum atomic E-state index is 12.8. The summed E-state index contributed by atoms with van der Waals surface area (Å²) < 4.78 is 38.9. The first kappa shape index (κ1) is 19.5. The van der Waals surface area contributed by atoms with Crippen molar-refractivity contribution in [3.05, 3.63) is 48.0 Å². The molecule has 2 aromatic carbocycles. The molecule has 0 spiro atoms. The number of hydrogen-bond donors (Lipinski definition) is 1. The van der Waals surface area contributed by atoms with Gasteiger partial charge in [0.15, 0.2) is 0 Å². The second-order valence-electron chi connectivity index (χ2n) is 6.75. The van der Waals surface area contributed by atoms with Crippen LogP contribution in [0.15, 0.2) is 47.4 Å². The quantitative estimate of drug-likeness (QED) is 0.819. The lowest BCUT2D eigenvalue weighted by Crippen LogP contribution is -2.39. The van der Waals surface area contributed by atoms with Gasteiger partial charge in [-0.2, -0.15) is 0 Å². The number of anilines is 2. The molecular weight excluding hydrogens is 364 g/mol. The van der Waals surface area contributed by atoms with E-state index in [9.17, 15) is 8.42 Å². The Morgan fingerprint density at radius 1 is 1.11 bits per heavy atom. The van der Waals surface area contributed by atoms with Gasteiger partial charge in [-0.05, 0) is 61.7 Å². The number of hydrogen-bond acceptors (Lipinski definition) is 5. The number of benzene rings is 2. The van der Waals surface area contributed by atoms with Crippen LogP contribution in [0.2, 0.25) is 0 Å². The average molecular weight is 391 g/mol. The normalized spacial score (nSPS) is 17.6. The first-order valence-corrected chi connectivity index (χ1v) is 10.5. The van der Waals surface area contributed by atoms with Crippen LogP contribution in [-0.2, 0) is 14.8 Å². The van der Waals surface area contributed by atoms with Crippen molar-refractivity contribution in [2.45, 2.75) is 30.8 Å². The van der Waals surface area contributed by atoms with Gasteiger partial charge in [-0.3, -0.25) is 4.72 Å². The van der Waals surface area contributed by atoms with Crippen molar-refractivity contribution < 1.29 is 17.9 Å². The van der Waals surface area contributed by atoms with Gasteiger partial charge < -0.3 is 14.4 Å². The molecule has 0 aromatic heterocycles. The third-order valence-electron chi connectivity index (χ3n) is 4.80. The Kier molecular flexibility index (Phi) is 5.92. The Labute approximate surface area is 161 Å². The average Bonchev–Trinajstić information content (AvgIpc) is 2.68. The molecule has 1 aliphatic rings. The van der Waals surface area contributed by atoms with Gasteiger partial charge in [-0.15, -0.1) is 0 Å². The molecular formula is C20H26N2O4S. The van der Waals surface area contributed by atoms with Crippen LogP contribution in [0.5, 0.6) is 5.75 Å². The molecule has 6 nitrogen and oxygen atoms in total. The molecule has 2 aromatic rings. The smallest absolute Gasteiger partial charge is 0.265 e. The van der Waals surface area contributed by atoms with Crippen molar-refractivity contribution in [2.24, 2.45) is 0 Å². The van der Waals surface area contributed by atoms with Gasteiger partial charge in [0.05, 0.1) is 13.2 Å². The van der Waals surface area contributed by atoms with E-state index in [0.29, 0.717) is 11.4 Å². The Bertz CT molecular complexity index is 881. The summed E-state index contributed by atoms with van der Waals surface area (Å²) in [5.41, 5.74) is 2.43. The monoisotopic (exact) mass is 390 g/mol. The van der Waals surface area contributed by atoms with E-state index in [1.807, 2.05) is 25.1 Å². The molecule has 27 heavy (non-hydrogen) atoms. The Hall–Kier alpha value is -2.25. The molecule has 7 heteroatoms. The minimum absolute atomic E-state index is 0.132. The number of nitrogens with zero attached hydrogens (tertiary/aromatic N) is 1. The van der Waals surface area contributed by atoms with Crippen molar-refractivity contribution in [1.29, 1.82) is 0 Å². The number of methoxy groups -OCH3 is 2. The van der Waals surface area contributed by atoms with E-state index in [-0.39, 0.29) is 11.0 Å². The van der Waals surface area contributed by atoms with Crippen LogP contribution in [0, 0.1) is 6.92 Å². The van der Waals surface area contributed by atoms with Crippen molar-refractivity contribution >= 4 is 21.4 Å². The van der Waals surface area contributed by atoms with E-state index in [0.717, 1.165) is 37.2 Å². The van der Waals surface area contributed by atoms with Crippen molar-refractivity contribution in [1.82, 2.24) is 0 Å². The molecule has 0 amide bonds. The predicted octanol–water partition coefficient (Wildman–Crippen LogP) is 3.42. The molecule has 1 heterocycles. The molecule has 1 atom stereocenters. The largest absolute Gasteiger partial charge is 0.495 e. The van der Waals surface area contributed by atoms with Gasteiger partial charge in [-0.1, -0.05) is 6.07 Å². The maximum absolute atomic E-state index is 12.8. The predicted molar refractivity (Wildman–Crippen MR) is 107 cm³/mol. The van der Waals surface area contributed by atoms with Gasteiger partial charge in [0.2, 0.25) is 0 Å². The van der Waals surface area contributed by atoms with Gasteiger partial charge in [0.1, 0.15) is 10.6 Å². The molecule has 0 aliphatic carbocycles. The SMILES string of the molecule is COc1ccc(C)cc1S(=O)(=O)Nc1ccc(N2CCC[C@H](OC)C2)cc1. The van der Waals surface area contributed by atoms with Crippen LogP contribution in [-0.4, -0.2) is 41.8 Å². The third-order valence-corrected chi connectivity index (χ3v) is 6.21. The second-order valence-corrected chi connectivity index (χ2v) is 8.40. The number of nitrogens with one attached hydrogen (secondary N) is 1. The summed E-state index contributed by atoms with van der Waals surface area (Å²) >= 11 is 0. The summed E-state index contributed by atoms with van der Waals surface area (Å²) in [5, 5.41) is 0. The molecule has 0 saturated carbocycles. The number of ether oxygens (including phenoxy) is 2. The lowest BCUT2D eigenvalue weighted by molar-refractivity contribution is 0.0893. The summed E-state index contributed by atoms with van der Waals surface area (Å²) in [7, 11) is -0.533. The standard InChI is InChI=1S/C20H26N2O4S/c1-15-6-11-19(26-3)20(13-15)27(23,24)21-16-7-9-17(10-8-16)22-12-4-5-18(14-22)25-2/h6-11,13,18,21H,4-5,12,14H2,1-3H3/t18-/m0/s1. The second kappa shape index (κ2) is 8.19. The van der Waals surface area contributed by atoms with Crippen LogP contribution in [0.1, 0.15) is 18.4 Å². The fraction of sp³-hybridized carbons (Fsp3) is 0.400. The van der Waals surface area contributed by atoms with Gasteiger partial charge in [-0.25, -0.2) is 8.42 Å². The first-order valence-electron chi connectivity index (χ1n) is 8.98. The van der Waals surface area contributed by atoms with E-state index in [2.05, 4.69) is 9.62 Å². The number of rotatable bonds is 6. The van der Waals surface area contributed by atoms with Gasteiger partial charge >= 0.3 is 0 Å². The molecule has 0 bridgehead atoms. The molecule has 1 saturated heterocycles. The molecule has 0 radical (unpaired) electrons. The molecule has 1 fully saturated rings. The van der Waals surface area contributed by atoms with Crippen LogP contribution >= 0.6 is 0 Å². The van der Waals surface area contributed by atoms with E-state index >= 15 is 0 Å². The van der Waals surface area contributed by atoms with Crippen molar-refractivity contribution in [3.8, 4) is 5.75 Å². The summed E-state index contributed by atoms with van der Waals surface area (Å²) in [4.78, 5) is 2.40. The van der Waals surface area contributed by atoms with E-state index in [1.54, 1.807) is 31.4 Å². The van der Waals surface area contributed by atoms with Gasteiger partial charge in [0, 0.05) is 31.6 Å². The van der Waals surface area contributed by atoms with E-state index in [4.69, 9.17) is 9.47 Å². The lowest BCUT2D eigenvalue weighted by Gasteiger charge is -2.33. The molecule has 3 rings (SSSR count). The highest BCUT2D eigenvalue weighted by molar-refractivity contribution is 7.92. The zero-order valence-corrected chi connectivity index (χ0v) is 16.8. The zero-order valence-electron chi connectivity index (χ0n) is 15.9. The van der Waals surface area contributed by atoms with Crippen molar-refractivity contribution in [3.63, 3.8) is 0 Å². The zero-order chi connectivity index (χ0) is 19.4. The summed E-state index contributed by atoms with van der Waals surface area (Å²) in [6.07, 6.45) is 2.40. The van der Waals surface area contributed by atoms with Crippen LogP contribution in [0.25, 0.3) is 0 Å². The number of aryl methyl sites for hydroxylation is 1. The Morgan fingerprint density at radius 3 is 2.52 bits per heavy atom. The molecule has 146 valence electrons. The summed E-state index contributed by atoms with van der Waals surface area (Å²) in [6.45, 7) is 3.67. The highest BCUT2D eigenvalue weighted by Gasteiger charge is 2.21. The van der Waals surface area contributed by atoms with E-state index < -0.39 is 10.0 Å². The fourth-order valence-corrected chi connectivity index (χ4v) is 4.62. The van der Waals surface area contributed by atoms with Crippen LogP contribution in [0.3, 0.4) is 0 Å². The topological polar surface area (TPSA) is 67.9 Å². The Balaban J connectivity index is 1.77. The molecule has 0 unspecified atom stereocenters. The van der Waals surface area contributed by atoms with Crippen LogP contribution in [0.4, 0.5) is 11.4 Å². The Morgan fingerprint density at radius 2 is 1.85 bits per heavy atom. The third kappa shape index (κ3) is 4.54. The number of piperidine rings is 1. The van der Waals surface area contributed by atoms with Crippen molar-refractivity contribution in [2.75, 3.05) is 36.9 Å². The molecule has 1 aliphatic heterocycles. The van der Waals surface area contributed by atoms with E-state index in [1.165, 1.54) is 7.11 Å². The minimum atomic E-state index is -3.74. The van der Waals surface area contributed by atoms with Gasteiger partial charge in [0.25, 0.3) is 10.0 Å². The first-order chi connectivity index (χ1) is 12.9. The highest BCUT2D eigenvalue weighted by Crippen LogP contribution is 2.28. The number of sulfonamides is 1.